The van der Waals surface area contributed by atoms with Crippen LogP contribution >= 0.6 is 0 Å². The normalized spacial score (nSPS) is 20.6. The number of hydrogen-bond acceptors (Lipinski definition) is 4. The van der Waals surface area contributed by atoms with E-state index < -0.39 is 9.84 Å². The van der Waals surface area contributed by atoms with Crippen LogP contribution in [0, 0.1) is 0 Å². The Labute approximate surface area is 121 Å². The smallest absolute Gasteiger partial charge is 0.317 e. The predicted octanol–water partition coefficient (Wildman–Crippen LogP) is 1.02. The number of urea groups is 1. The topological polar surface area (TPSA) is 75.7 Å². The molecule has 1 rings (SSSR count). The van der Waals surface area contributed by atoms with Crippen LogP contribution in [0.2, 0.25) is 0 Å². The van der Waals surface area contributed by atoms with E-state index in [0.717, 1.165) is 19.4 Å². The van der Waals surface area contributed by atoms with E-state index in [1.54, 1.807) is 18.7 Å². The lowest BCUT2D eigenvalue weighted by molar-refractivity contribution is 0.108. The van der Waals surface area contributed by atoms with Crippen LogP contribution in [0.4, 0.5) is 4.79 Å². The lowest BCUT2D eigenvalue weighted by atomic mass is 10.2. The molecule has 6 nitrogen and oxygen atoms in total. The van der Waals surface area contributed by atoms with Gasteiger partial charge in [-0.1, -0.05) is 6.92 Å². The van der Waals surface area contributed by atoms with Gasteiger partial charge in [-0.2, -0.15) is 0 Å². The highest BCUT2D eigenvalue weighted by Gasteiger charge is 2.24. The zero-order valence-corrected chi connectivity index (χ0v) is 13.4. The molecule has 0 radical (unpaired) electrons. The molecular formula is C13H26N2O4S. The Bertz CT molecular complexity index is 405. The van der Waals surface area contributed by atoms with Crippen LogP contribution < -0.4 is 5.32 Å². The second kappa shape index (κ2) is 7.83. The van der Waals surface area contributed by atoms with E-state index in [-0.39, 0.29) is 29.7 Å². The van der Waals surface area contributed by atoms with Crippen molar-refractivity contribution in [1.29, 1.82) is 0 Å². The zero-order chi connectivity index (χ0) is 15.2. The number of carbonyl (C=O) groups excluding carboxylic acids is 1. The third-order valence-electron chi connectivity index (χ3n) is 3.57. The fourth-order valence-electron chi connectivity index (χ4n) is 2.34. The van der Waals surface area contributed by atoms with E-state index in [4.69, 9.17) is 4.74 Å². The standard InChI is InChI=1S/C13H26N2O4S/c1-4-15(11(3)10-20(17,18)5-2)13(16)14-9-12-7-6-8-19-12/h11-12H,4-10H2,1-3H3,(H,14,16)/t11-,12+/m1/s1. The molecule has 0 aromatic carbocycles. The first-order valence-electron chi connectivity index (χ1n) is 7.26. The number of amides is 2. The molecule has 0 bridgehead atoms. The third-order valence-corrected chi connectivity index (χ3v) is 5.44. The molecule has 0 unspecified atom stereocenters. The van der Waals surface area contributed by atoms with Crippen LogP contribution in [-0.4, -0.2) is 62.7 Å². The lowest BCUT2D eigenvalue weighted by Gasteiger charge is -2.28. The summed E-state index contributed by atoms with van der Waals surface area (Å²) in [5, 5.41) is 2.83. The van der Waals surface area contributed by atoms with Gasteiger partial charge in [-0.15, -0.1) is 0 Å². The van der Waals surface area contributed by atoms with Gasteiger partial charge in [0.1, 0.15) is 0 Å². The molecule has 1 N–H and O–H groups in total. The Kier molecular flexibility index (Phi) is 6.75. The van der Waals surface area contributed by atoms with Crippen LogP contribution in [0.3, 0.4) is 0 Å². The first kappa shape index (κ1) is 17.2. The molecule has 7 heteroatoms. The van der Waals surface area contributed by atoms with Gasteiger partial charge in [0.15, 0.2) is 9.84 Å². The Hall–Kier alpha value is -0.820. The monoisotopic (exact) mass is 306 g/mol. The van der Waals surface area contributed by atoms with Crippen molar-refractivity contribution in [2.24, 2.45) is 0 Å². The van der Waals surface area contributed by atoms with Gasteiger partial charge >= 0.3 is 6.03 Å². The van der Waals surface area contributed by atoms with E-state index >= 15 is 0 Å². The highest BCUT2D eigenvalue weighted by molar-refractivity contribution is 7.91. The highest BCUT2D eigenvalue weighted by atomic mass is 32.2. The largest absolute Gasteiger partial charge is 0.376 e. The van der Waals surface area contributed by atoms with Crippen LogP contribution in [0.25, 0.3) is 0 Å². The summed E-state index contributed by atoms with van der Waals surface area (Å²) in [7, 11) is -3.08. The molecule has 0 saturated carbocycles. The van der Waals surface area contributed by atoms with Crippen molar-refractivity contribution in [1.82, 2.24) is 10.2 Å². The number of nitrogens with zero attached hydrogens (tertiary/aromatic N) is 1. The summed E-state index contributed by atoms with van der Waals surface area (Å²) in [5.41, 5.74) is 0. The second-order valence-electron chi connectivity index (χ2n) is 5.16. The molecule has 20 heavy (non-hydrogen) atoms. The van der Waals surface area contributed by atoms with Gasteiger partial charge in [-0.25, -0.2) is 13.2 Å². The molecule has 2 atom stereocenters. The maximum absolute atomic E-state index is 12.1. The van der Waals surface area contributed by atoms with E-state index in [9.17, 15) is 13.2 Å². The fraction of sp³-hybridized carbons (Fsp3) is 0.923. The summed E-state index contributed by atoms with van der Waals surface area (Å²) >= 11 is 0. The van der Waals surface area contributed by atoms with Crippen molar-refractivity contribution in [2.75, 3.05) is 31.2 Å². The SMILES string of the molecule is CCN(C(=O)NC[C@@H]1CCCO1)[C@H](C)CS(=O)(=O)CC. The minimum absolute atomic E-state index is 0.00465. The first-order chi connectivity index (χ1) is 9.39. The number of ether oxygens (including phenoxy) is 1. The van der Waals surface area contributed by atoms with Crippen molar-refractivity contribution in [3.05, 3.63) is 0 Å². The summed E-state index contributed by atoms with van der Waals surface area (Å²) in [5.74, 6) is 0.108. The molecule has 0 aromatic rings. The molecule has 0 aliphatic carbocycles. The van der Waals surface area contributed by atoms with Crippen LogP contribution in [0.1, 0.15) is 33.6 Å². The van der Waals surface area contributed by atoms with E-state index in [1.807, 2.05) is 6.92 Å². The highest BCUT2D eigenvalue weighted by Crippen LogP contribution is 2.11. The maximum Gasteiger partial charge on any atom is 0.317 e. The van der Waals surface area contributed by atoms with Crippen molar-refractivity contribution in [3.8, 4) is 0 Å². The molecular weight excluding hydrogens is 280 g/mol. The molecule has 1 aliphatic heterocycles. The Morgan fingerprint density at radius 2 is 2.15 bits per heavy atom. The van der Waals surface area contributed by atoms with E-state index in [0.29, 0.717) is 13.1 Å². The average Bonchev–Trinajstić information content (AvgIpc) is 2.89. The molecule has 1 heterocycles. The van der Waals surface area contributed by atoms with E-state index in [1.165, 1.54) is 0 Å². The minimum Gasteiger partial charge on any atom is -0.376 e. The summed E-state index contributed by atoms with van der Waals surface area (Å²) in [6.45, 7) is 6.96. The van der Waals surface area contributed by atoms with Gasteiger partial charge in [-0.3, -0.25) is 0 Å². The molecule has 1 saturated heterocycles. The Balaban J connectivity index is 2.48. The average molecular weight is 306 g/mol. The molecule has 0 spiro atoms. The molecule has 0 aromatic heterocycles. The van der Waals surface area contributed by atoms with Gasteiger partial charge < -0.3 is 15.0 Å². The Morgan fingerprint density at radius 1 is 1.45 bits per heavy atom. The summed E-state index contributed by atoms with van der Waals surface area (Å²) in [4.78, 5) is 13.7. The minimum atomic E-state index is -3.08. The van der Waals surface area contributed by atoms with Gasteiger partial charge in [0.25, 0.3) is 0 Å². The van der Waals surface area contributed by atoms with Crippen LogP contribution in [0.15, 0.2) is 0 Å². The van der Waals surface area contributed by atoms with Gasteiger partial charge in [0.2, 0.25) is 0 Å². The molecule has 1 fully saturated rings. The zero-order valence-electron chi connectivity index (χ0n) is 12.6. The summed E-state index contributed by atoms with van der Waals surface area (Å²) in [6.07, 6.45) is 2.09. The quantitative estimate of drug-likeness (QED) is 0.762. The fourth-order valence-corrected chi connectivity index (χ4v) is 3.49. The maximum atomic E-state index is 12.1. The van der Waals surface area contributed by atoms with Gasteiger partial charge in [0, 0.05) is 31.5 Å². The van der Waals surface area contributed by atoms with Crippen molar-refractivity contribution in [2.45, 2.75) is 45.8 Å². The summed E-state index contributed by atoms with van der Waals surface area (Å²) < 4.78 is 28.7. The number of rotatable bonds is 7. The van der Waals surface area contributed by atoms with Crippen molar-refractivity contribution >= 4 is 15.9 Å². The number of hydrogen-bond donors (Lipinski definition) is 1. The van der Waals surface area contributed by atoms with E-state index in [2.05, 4.69) is 5.32 Å². The number of carbonyl (C=O) groups is 1. The summed E-state index contributed by atoms with van der Waals surface area (Å²) in [6, 6.07) is -0.545. The van der Waals surface area contributed by atoms with Crippen LogP contribution in [0.5, 0.6) is 0 Å². The molecule has 1 aliphatic rings. The predicted molar refractivity (Wildman–Crippen MR) is 78.5 cm³/mol. The third kappa shape index (κ3) is 5.28. The Morgan fingerprint density at radius 3 is 2.65 bits per heavy atom. The van der Waals surface area contributed by atoms with Crippen LogP contribution in [-0.2, 0) is 14.6 Å². The molecule has 118 valence electrons. The molecule has 2 amide bonds. The van der Waals surface area contributed by atoms with Crippen molar-refractivity contribution in [3.63, 3.8) is 0 Å². The van der Waals surface area contributed by atoms with Crippen molar-refractivity contribution < 1.29 is 17.9 Å². The number of nitrogens with one attached hydrogen (secondary N) is 1. The van der Waals surface area contributed by atoms with Gasteiger partial charge in [0.05, 0.1) is 11.9 Å². The van der Waals surface area contributed by atoms with Gasteiger partial charge in [-0.05, 0) is 26.7 Å². The lowest BCUT2D eigenvalue weighted by Crippen LogP contribution is -2.49. The first-order valence-corrected chi connectivity index (χ1v) is 9.08. The second-order valence-corrected chi connectivity index (χ2v) is 7.55. The number of sulfone groups is 1.